The van der Waals surface area contributed by atoms with Gasteiger partial charge < -0.3 is 19.9 Å². The summed E-state index contributed by atoms with van der Waals surface area (Å²) < 4.78 is 6.11. The first kappa shape index (κ1) is 22.2. The van der Waals surface area contributed by atoms with Crippen molar-refractivity contribution in [3.63, 3.8) is 0 Å². The standard InChI is InChI=1S/C26H34N4O2/c1-2-27-26(29-17-14-24(15-18-29)32-23-11-4-3-5-12-23)28-16-8-13-25(31)30-19-21-9-6-7-10-22(21)20-30/h3-7,9-12,24H,2,8,13-20H2,1H3,(H,27,28). The molecular weight excluding hydrogens is 400 g/mol. The largest absolute Gasteiger partial charge is 0.490 e. The molecule has 0 aromatic heterocycles. The van der Waals surface area contributed by atoms with Crippen molar-refractivity contribution in [3.8, 4) is 5.75 Å². The molecule has 2 aliphatic rings. The summed E-state index contributed by atoms with van der Waals surface area (Å²) in [7, 11) is 0. The molecule has 1 fully saturated rings. The van der Waals surface area contributed by atoms with E-state index >= 15 is 0 Å². The fraction of sp³-hybridized carbons (Fsp3) is 0.462. The smallest absolute Gasteiger partial charge is 0.223 e. The van der Waals surface area contributed by atoms with E-state index in [4.69, 9.17) is 9.73 Å². The van der Waals surface area contributed by atoms with Gasteiger partial charge in [-0.15, -0.1) is 0 Å². The maximum Gasteiger partial charge on any atom is 0.223 e. The fourth-order valence-electron chi connectivity index (χ4n) is 4.39. The summed E-state index contributed by atoms with van der Waals surface area (Å²) in [6.45, 7) is 6.92. The zero-order chi connectivity index (χ0) is 22.2. The van der Waals surface area contributed by atoms with E-state index in [1.165, 1.54) is 11.1 Å². The number of likely N-dealkylation sites (tertiary alicyclic amines) is 1. The number of carbonyl (C=O) groups is 1. The van der Waals surface area contributed by atoms with E-state index in [0.717, 1.165) is 63.7 Å². The molecule has 0 atom stereocenters. The monoisotopic (exact) mass is 434 g/mol. The zero-order valence-corrected chi connectivity index (χ0v) is 19.0. The molecule has 0 spiro atoms. The van der Waals surface area contributed by atoms with E-state index in [2.05, 4.69) is 29.3 Å². The first-order valence-corrected chi connectivity index (χ1v) is 11.8. The fourth-order valence-corrected chi connectivity index (χ4v) is 4.39. The molecule has 0 bridgehead atoms. The van der Waals surface area contributed by atoms with Crippen LogP contribution in [0.25, 0.3) is 0 Å². The van der Waals surface area contributed by atoms with Gasteiger partial charge in [0, 0.05) is 58.5 Å². The Kier molecular flexibility index (Phi) is 7.64. The molecule has 2 heterocycles. The van der Waals surface area contributed by atoms with E-state index in [1.807, 2.05) is 47.4 Å². The van der Waals surface area contributed by atoms with Crippen molar-refractivity contribution in [1.82, 2.24) is 15.1 Å². The van der Waals surface area contributed by atoms with Crippen LogP contribution in [0.5, 0.6) is 5.75 Å². The minimum Gasteiger partial charge on any atom is -0.490 e. The van der Waals surface area contributed by atoms with Crippen LogP contribution in [0.2, 0.25) is 0 Å². The van der Waals surface area contributed by atoms with Gasteiger partial charge in [-0.05, 0) is 36.6 Å². The lowest BCUT2D eigenvalue weighted by molar-refractivity contribution is -0.131. The van der Waals surface area contributed by atoms with Gasteiger partial charge in [-0.25, -0.2) is 0 Å². The highest BCUT2D eigenvalue weighted by molar-refractivity contribution is 5.80. The van der Waals surface area contributed by atoms with E-state index in [-0.39, 0.29) is 12.0 Å². The predicted molar refractivity (Wildman–Crippen MR) is 128 cm³/mol. The molecule has 170 valence electrons. The minimum atomic E-state index is 0.222. The van der Waals surface area contributed by atoms with Gasteiger partial charge in [-0.2, -0.15) is 0 Å². The van der Waals surface area contributed by atoms with Crippen molar-refractivity contribution in [2.45, 2.75) is 51.8 Å². The molecule has 1 N–H and O–H groups in total. The quantitative estimate of drug-likeness (QED) is 0.409. The molecule has 6 heteroatoms. The van der Waals surface area contributed by atoms with Gasteiger partial charge in [0.15, 0.2) is 5.96 Å². The number of rotatable bonds is 7. The van der Waals surface area contributed by atoms with Crippen molar-refractivity contribution in [2.75, 3.05) is 26.2 Å². The van der Waals surface area contributed by atoms with Gasteiger partial charge in [-0.1, -0.05) is 42.5 Å². The molecule has 2 aliphatic heterocycles. The van der Waals surface area contributed by atoms with Gasteiger partial charge in [0.2, 0.25) is 5.91 Å². The Morgan fingerprint density at radius 2 is 1.66 bits per heavy atom. The Bertz CT molecular complexity index is 882. The zero-order valence-electron chi connectivity index (χ0n) is 19.0. The number of aliphatic imine (C=N–C) groups is 1. The normalized spacial score (nSPS) is 16.7. The summed E-state index contributed by atoms with van der Waals surface area (Å²) in [5.41, 5.74) is 2.54. The van der Waals surface area contributed by atoms with E-state index in [1.54, 1.807) is 0 Å². The third kappa shape index (κ3) is 5.81. The molecule has 2 aromatic rings. The number of carbonyl (C=O) groups excluding carboxylic acids is 1. The lowest BCUT2D eigenvalue weighted by atomic mass is 10.1. The van der Waals surface area contributed by atoms with Crippen molar-refractivity contribution >= 4 is 11.9 Å². The van der Waals surface area contributed by atoms with Gasteiger partial charge >= 0.3 is 0 Å². The number of ether oxygens (including phenoxy) is 1. The second kappa shape index (κ2) is 11.0. The molecule has 6 nitrogen and oxygen atoms in total. The summed E-state index contributed by atoms with van der Waals surface area (Å²) in [6.07, 6.45) is 3.53. The van der Waals surface area contributed by atoms with Crippen LogP contribution in [-0.4, -0.2) is 53.9 Å². The first-order valence-electron chi connectivity index (χ1n) is 11.8. The number of hydrogen-bond acceptors (Lipinski definition) is 3. The van der Waals surface area contributed by atoms with Crippen LogP contribution in [0.15, 0.2) is 59.6 Å². The van der Waals surface area contributed by atoms with Crippen molar-refractivity contribution in [1.29, 1.82) is 0 Å². The van der Waals surface area contributed by atoms with E-state index in [0.29, 0.717) is 13.0 Å². The van der Waals surface area contributed by atoms with Crippen LogP contribution < -0.4 is 10.1 Å². The number of nitrogens with one attached hydrogen (secondary N) is 1. The third-order valence-corrected chi connectivity index (χ3v) is 6.13. The number of para-hydroxylation sites is 1. The van der Waals surface area contributed by atoms with E-state index < -0.39 is 0 Å². The van der Waals surface area contributed by atoms with Crippen LogP contribution in [0, 0.1) is 0 Å². The predicted octanol–water partition coefficient (Wildman–Crippen LogP) is 3.82. The number of nitrogens with zero attached hydrogens (tertiary/aromatic N) is 3. The van der Waals surface area contributed by atoms with Crippen molar-refractivity contribution < 1.29 is 9.53 Å². The number of guanidine groups is 1. The van der Waals surface area contributed by atoms with Gasteiger partial charge in [-0.3, -0.25) is 9.79 Å². The maximum atomic E-state index is 12.6. The highest BCUT2D eigenvalue weighted by Crippen LogP contribution is 2.23. The Morgan fingerprint density at radius 3 is 2.31 bits per heavy atom. The third-order valence-electron chi connectivity index (χ3n) is 6.13. The minimum absolute atomic E-state index is 0.222. The Morgan fingerprint density at radius 1 is 1.00 bits per heavy atom. The SMILES string of the molecule is CCNC(=NCCCC(=O)N1Cc2ccccc2C1)N1CCC(Oc2ccccc2)CC1. The van der Waals surface area contributed by atoms with Crippen LogP contribution in [0.3, 0.4) is 0 Å². The molecule has 0 radical (unpaired) electrons. The highest BCUT2D eigenvalue weighted by atomic mass is 16.5. The Labute approximate surface area is 191 Å². The number of amides is 1. The molecular formula is C26H34N4O2. The van der Waals surface area contributed by atoms with Crippen molar-refractivity contribution in [2.24, 2.45) is 4.99 Å². The summed E-state index contributed by atoms with van der Waals surface area (Å²) in [5, 5.41) is 3.41. The summed E-state index contributed by atoms with van der Waals surface area (Å²) in [4.78, 5) is 21.7. The highest BCUT2D eigenvalue weighted by Gasteiger charge is 2.24. The summed E-state index contributed by atoms with van der Waals surface area (Å²) in [5.74, 6) is 2.12. The lowest BCUT2D eigenvalue weighted by Crippen LogP contribution is -2.47. The Hall–Kier alpha value is -3.02. The average Bonchev–Trinajstić information content (AvgIpc) is 3.27. The summed E-state index contributed by atoms with van der Waals surface area (Å²) >= 11 is 0. The topological polar surface area (TPSA) is 57.2 Å². The Balaban J connectivity index is 1.21. The van der Waals surface area contributed by atoms with Crippen molar-refractivity contribution in [3.05, 3.63) is 65.7 Å². The van der Waals surface area contributed by atoms with Crippen LogP contribution >= 0.6 is 0 Å². The van der Waals surface area contributed by atoms with Gasteiger partial charge in [0.25, 0.3) is 0 Å². The second-order valence-electron chi connectivity index (χ2n) is 8.48. The van der Waals surface area contributed by atoms with E-state index in [9.17, 15) is 4.79 Å². The lowest BCUT2D eigenvalue weighted by Gasteiger charge is -2.34. The van der Waals surface area contributed by atoms with Gasteiger partial charge in [0.1, 0.15) is 11.9 Å². The van der Waals surface area contributed by atoms with Crippen LogP contribution in [0.4, 0.5) is 0 Å². The molecule has 1 amide bonds. The molecule has 1 saturated heterocycles. The maximum absolute atomic E-state index is 12.6. The van der Waals surface area contributed by atoms with Crippen LogP contribution in [0.1, 0.15) is 43.7 Å². The number of benzene rings is 2. The second-order valence-corrected chi connectivity index (χ2v) is 8.48. The average molecular weight is 435 g/mol. The summed E-state index contributed by atoms with van der Waals surface area (Å²) in [6, 6.07) is 18.4. The molecule has 4 rings (SSSR count). The molecule has 0 saturated carbocycles. The number of piperidine rings is 1. The first-order chi connectivity index (χ1) is 15.7. The number of hydrogen-bond donors (Lipinski definition) is 1. The molecule has 0 unspecified atom stereocenters. The number of fused-ring (bicyclic) bond motifs is 1. The van der Waals surface area contributed by atoms with Gasteiger partial charge in [0.05, 0.1) is 0 Å². The van der Waals surface area contributed by atoms with Crippen LogP contribution in [-0.2, 0) is 17.9 Å². The molecule has 32 heavy (non-hydrogen) atoms. The molecule has 0 aliphatic carbocycles. The molecule has 2 aromatic carbocycles.